The summed E-state index contributed by atoms with van der Waals surface area (Å²) in [6, 6.07) is 8.17. The van der Waals surface area contributed by atoms with Gasteiger partial charge < -0.3 is 5.32 Å². The van der Waals surface area contributed by atoms with E-state index in [1.807, 2.05) is 25.1 Å². The minimum Gasteiger partial charge on any atom is -0.310 e. The van der Waals surface area contributed by atoms with Crippen LogP contribution in [0.1, 0.15) is 36.8 Å². The Morgan fingerprint density at radius 2 is 1.95 bits per heavy atom. The molecule has 0 amide bonds. The first kappa shape index (κ1) is 16.3. The first-order valence-corrected chi connectivity index (χ1v) is 8.02. The molecule has 0 radical (unpaired) electrons. The van der Waals surface area contributed by atoms with E-state index in [2.05, 4.69) is 35.0 Å². The number of halogens is 2. The van der Waals surface area contributed by atoms with Crippen LogP contribution in [0, 0.1) is 6.92 Å². The van der Waals surface area contributed by atoms with Crippen LogP contribution in [0.5, 0.6) is 0 Å². The van der Waals surface area contributed by atoms with Crippen molar-refractivity contribution in [2.24, 2.45) is 0 Å². The van der Waals surface area contributed by atoms with E-state index in [-0.39, 0.29) is 6.04 Å². The second-order valence-corrected chi connectivity index (χ2v) is 5.90. The van der Waals surface area contributed by atoms with Gasteiger partial charge in [-0.25, -0.2) is 0 Å². The van der Waals surface area contributed by atoms with E-state index in [1.54, 1.807) is 0 Å². The highest BCUT2D eigenvalue weighted by Gasteiger charge is 2.15. The molecule has 1 aromatic carbocycles. The van der Waals surface area contributed by atoms with E-state index in [1.165, 1.54) is 5.69 Å². The number of rotatable bonds is 6. The third-order valence-corrected chi connectivity index (χ3v) is 4.23. The number of benzene rings is 1. The standard InChI is InChI=1S/C16H21Cl2N3/c1-4-19-16(12-6-7-14(17)15(18)9-12)10-13-8-11(3)20-21(13)5-2/h6-9,16,19H,4-5,10H2,1-3H3. The Hall–Kier alpha value is -1.03. The van der Waals surface area contributed by atoms with E-state index in [0.29, 0.717) is 10.0 Å². The lowest BCUT2D eigenvalue weighted by atomic mass is 10.0. The van der Waals surface area contributed by atoms with Crippen LogP contribution in [-0.2, 0) is 13.0 Å². The van der Waals surface area contributed by atoms with Crippen LogP contribution >= 0.6 is 23.2 Å². The Kier molecular flexibility index (Phi) is 5.68. The van der Waals surface area contributed by atoms with Gasteiger partial charge in [0.1, 0.15) is 0 Å². The molecular weight excluding hydrogens is 305 g/mol. The van der Waals surface area contributed by atoms with Crippen molar-refractivity contribution >= 4 is 23.2 Å². The van der Waals surface area contributed by atoms with Gasteiger partial charge in [0, 0.05) is 24.7 Å². The predicted octanol–water partition coefficient (Wildman–Crippen LogP) is 4.41. The third-order valence-electron chi connectivity index (χ3n) is 3.49. The van der Waals surface area contributed by atoms with Crippen LogP contribution in [0.15, 0.2) is 24.3 Å². The highest BCUT2D eigenvalue weighted by atomic mass is 35.5. The highest BCUT2D eigenvalue weighted by molar-refractivity contribution is 6.42. The van der Waals surface area contributed by atoms with Gasteiger partial charge in [-0.15, -0.1) is 0 Å². The van der Waals surface area contributed by atoms with E-state index in [0.717, 1.165) is 30.8 Å². The largest absolute Gasteiger partial charge is 0.310 e. The zero-order valence-electron chi connectivity index (χ0n) is 12.7. The van der Waals surface area contributed by atoms with Gasteiger partial charge in [0.15, 0.2) is 0 Å². The van der Waals surface area contributed by atoms with Gasteiger partial charge in [-0.3, -0.25) is 4.68 Å². The predicted molar refractivity (Wildman–Crippen MR) is 89.2 cm³/mol. The van der Waals surface area contributed by atoms with Crippen molar-refractivity contribution < 1.29 is 0 Å². The first-order valence-electron chi connectivity index (χ1n) is 7.26. The molecule has 21 heavy (non-hydrogen) atoms. The monoisotopic (exact) mass is 325 g/mol. The summed E-state index contributed by atoms with van der Waals surface area (Å²) in [5, 5.41) is 9.20. The van der Waals surface area contributed by atoms with Crippen LogP contribution in [0.3, 0.4) is 0 Å². The summed E-state index contributed by atoms with van der Waals surface area (Å²) in [5.41, 5.74) is 3.43. The average Bonchev–Trinajstić information content (AvgIpc) is 2.81. The number of likely N-dealkylation sites (N-methyl/N-ethyl adjacent to an activating group) is 1. The van der Waals surface area contributed by atoms with Crippen molar-refractivity contribution in [3.63, 3.8) is 0 Å². The van der Waals surface area contributed by atoms with Crippen molar-refractivity contribution in [2.75, 3.05) is 6.54 Å². The SMILES string of the molecule is CCNC(Cc1cc(C)nn1CC)c1ccc(Cl)c(Cl)c1. The van der Waals surface area contributed by atoms with Crippen molar-refractivity contribution in [2.45, 2.75) is 39.8 Å². The van der Waals surface area contributed by atoms with Crippen molar-refractivity contribution in [1.29, 1.82) is 0 Å². The molecule has 0 saturated heterocycles. The molecule has 2 aromatic rings. The Morgan fingerprint density at radius 3 is 2.57 bits per heavy atom. The maximum atomic E-state index is 6.15. The Labute approximate surface area is 136 Å². The minimum absolute atomic E-state index is 0.200. The molecule has 0 spiro atoms. The normalized spacial score (nSPS) is 12.6. The van der Waals surface area contributed by atoms with Crippen molar-refractivity contribution in [3.05, 3.63) is 51.3 Å². The number of nitrogens with one attached hydrogen (secondary N) is 1. The summed E-state index contributed by atoms with van der Waals surface area (Å²) in [6.45, 7) is 8.01. The molecule has 0 saturated carbocycles. The summed E-state index contributed by atoms with van der Waals surface area (Å²) in [4.78, 5) is 0. The number of aromatic nitrogens is 2. The summed E-state index contributed by atoms with van der Waals surface area (Å²) in [5.74, 6) is 0. The fourth-order valence-corrected chi connectivity index (χ4v) is 2.84. The highest BCUT2D eigenvalue weighted by Crippen LogP contribution is 2.27. The average molecular weight is 326 g/mol. The van der Waals surface area contributed by atoms with Crippen LogP contribution in [0.25, 0.3) is 0 Å². The van der Waals surface area contributed by atoms with Crippen molar-refractivity contribution in [3.8, 4) is 0 Å². The third kappa shape index (κ3) is 4.00. The lowest BCUT2D eigenvalue weighted by Gasteiger charge is -2.19. The van der Waals surface area contributed by atoms with Crippen LogP contribution < -0.4 is 5.32 Å². The Balaban J connectivity index is 2.27. The van der Waals surface area contributed by atoms with Crippen LogP contribution in [0.2, 0.25) is 10.0 Å². The maximum absolute atomic E-state index is 6.15. The molecule has 1 atom stereocenters. The summed E-state index contributed by atoms with van der Waals surface area (Å²) < 4.78 is 2.05. The molecule has 0 aliphatic heterocycles. The molecule has 0 bridgehead atoms. The summed E-state index contributed by atoms with van der Waals surface area (Å²) in [6.07, 6.45) is 0.875. The quantitative estimate of drug-likeness (QED) is 0.852. The number of hydrogen-bond acceptors (Lipinski definition) is 2. The fourth-order valence-electron chi connectivity index (χ4n) is 2.53. The molecule has 0 fully saturated rings. The Morgan fingerprint density at radius 1 is 1.19 bits per heavy atom. The summed E-state index contributed by atoms with van der Waals surface area (Å²) >= 11 is 12.2. The maximum Gasteiger partial charge on any atom is 0.0596 e. The van der Waals surface area contributed by atoms with E-state index in [9.17, 15) is 0 Å². The van der Waals surface area contributed by atoms with Crippen molar-refractivity contribution in [1.82, 2.24) is 15.1 Å². The zero-order valence-corrected chi connectivity index (χ0v) is 14.2. The zero-order chi connectivity index (χ0) is 15.4. The molecule has 1 unspecified atom stereocenters. The lowest BCUT2D eigenvalue weighted by molar-refractivity contribution is 0.516. The smallest absolute Gasteiger partial charge is 0.0596 e. The van der Waals surface area contributed by atoms with Gasteiger partial charge in [0.2, 0.25) is 0 Å². The second kappa shape index (κ2) is 7.30. The molecule has 1 aromatic heterocycles. The van der Waals surface area contributed by atoms with Gasteiger partial charge >= 0.3 is 0 Å². The number of hydrogen-bond donors (Lipinski definition) is 1. The molecule has 1 N–H and O–H groups in total. The number of aryl methyl sites for hydroxylation is 2. The van der Waals surface area contributed by atoms with Gasteiger partial charge in [0.25, 0.3) is 0 Å². The molecule has 2 rings (SSSR count). The number of nitrogens with zero attached hydrogens (tertiary/aromatic N) is 2. The Bertz CT molecular complexity index is 608. The van der Waals surface area contributed by atoms with E-state index >= 15 is 0 Å². The first-order chi connectivity index (χ1) is 10.0. The van der Waals surface area contributed by atoms with Crippen LogP contribution in [-0.4, -0.2) is 16.3 Å². The molecule has 0 aliphatic rings. The van der Waals surface area contributed by atoms with Gasteiger partial charge in [-0.1, -0.05) is 36.2 Å². The van der Waals surface area contributed by atoms with E-state index in [4.69, 9.17) is 23.2 Å². The minimum atomic E-state index is 0.200. The van der Waals surface area contributed by atoms with Gasteiger partial charge in [-0.05, 0) is 44.2 Å². The van der Waals surface area contributed by atoms with Crippen LogP contribution in [0.4, 0.5) is 0 Å². The van der Waals surface area contributed by atoms with Gasteiger partial charge in [0.05, 0.1) is 15.7 Å². The summed E-state index contributed by atoms with van der Waals surface area (Å²) in [7, 11) is 0. The van der Waals surface area contributed by atoms with Gasteiger partial charge in [-0.2, -0.15) is 5.10 Å². The topological polar surface area (TPSA) is 29.9 Å². The molecule has 1 heterocycles. The second-order valence-electron chi connectivity index (χ2n) is 5.08. The molecule has 114 valence electrons. The molecular formula is C16H21Cl2N3. The lowest BCUT2D eigenvalue weighted by Crippen LogP contribution is -2.24. The molecule has 3 nitrogen and oxygen atoms in total. The molecule has 0 aliphatic carbocycles. The van der Waals surface area contributed by atoms with E-state index < -0.39 is 0 Å². The molecule has 5 heteroatoms. The fraction of sp³-hybridized carbons (Fsp3) is 0.438.